The molecule has 1 aromatic heterocycles. The van der Waals surface area contributed by atoms with Crippen LogP contribution in [0.3, 0.4) is 0 Å². The largest absolute Gasteiger partial charge is 0.476 e. The highest BCUT2D eigenvalue weighted by molar-refractivity contribution is 5.06. The lowest BCUT2D eigenvalue weighted by Gasteiger charge is -2.08. The Hall–Kier alpha value is -1.16. The van der Waals surface area contributed by atoms with Crippen molar-refractivity contribution in [3.8, 4) is 5.88 Å². The highest BCUT2D eigenvalue weighted by Crippen LogP contribution is 2.05. The van der Waals surface area contributed by atoms with E-state index in [1.54, 1.807) is 12.4 Å². The van der Waals surface area contributed by atoms with Crippen molar-refractivity contribution >= 4 is 0 Å². The molecule has 72 valence electrons. The van der Waals surface area contributed by atoms with Crippen LogP contribution in [-0.4, -0.2) is 28.3 Å². The first kappa shape index (κ1) is 9.92. The van der Waals surface area contributed by atoms with E-state index in [0.717, 1.165) is 5.69 Å². The van der Waals surface area contributed by atoms with Gasteiger partial charge in [-0.15, -0.1) is 0 Å². The average molecular weight is 182 g/mol. The fourth-order valence-electron chi connectivity index (χ4n) is 0.790. The molecule has 1 atom stereocenters. The van der Waals surface area contributed by atoms with Gasteiger partial charge in [-0.2, -0.15) is 0 Å². The van der Waals surface area contributed by atoms with Crippen LogP contribution in [0.1, 0.15) is 12.6 Å². The smallest absolute Gasteiger partial charge is 0.232 e. The van der Waals surface area contributed by atoms with Crippen LogP contribution >= 0.6 is 0 Å². The normalized spacial score (nSPS) is 12.5. The number of hydrogen-bond acceptors (Lipinski definition) is 4. The molecular weight excluding hydrogens is 168 g/mol. The molecule has 4 nitrogen and oxygen atoms in total. The van der Waals surface area contributed by atoms with Gasteiger partial charge in [-0.05, 0) is 6.92 Å². The molecule has 0 aliphatic rings. The minimum Gasteiger partial charge on any atom is -0.476 e. The summed E-state index contributed by atoms with van der Waals surface area (Å²) in [5.74, 6) is 0.641. The molecule has 0 aliphatic carbocycles. The van der Waals surface area contributed by atoms with Crippen LogP contribution in [0.15, 0.2) is 12.4 Å². The van der Waals surface area contributed by atoms with Gasteiger partial charge in [0.25, 0.3) is 0 Å². The molecule has 1 heterocycles. The van der Waals surface area contributed by atoms with Crippen LogP contribution in [0.4, 0.5) is 0 Å². The SMILES string of the molecule is Cc1cncc(OCC(C)CO)n1. The van der Waals surface area contributed by atoms with Gasteiger partial charge in [-0.3, -0.25) is 4.98 Å². The van der Waals surface area contributed by atoms with E-state index in [2.05, 4.69) is 9.97 Å². The number of aromatic nitrogens is 2. The number of ether oxygens (including phenoxy) is 1. The lowest BCUT2D eigenvalue weighted by molar-refractivity contribution is 0.170. The molecule has 0 fully saturated rings. The van der Waals surface area contributed by atoms with Crippen molar-refractivity contribution in [1.29, 1.82) is 0 Å². The number of aryl methyl sites for hydroxylation is 1. The maximum atomic E-state index is 8.75. The fourth-order valence-corrected chi connectivity index (χ4v) is 0.790. The molecule has 0 saturated heterocycles. The molecule has 0 bridgehead atoms. The summed E-state index contributed by atoms with van der Waals surface area (Å²) in [6.07, 6.45) is 3.24. The van der Waals surface area contributed by atoms with Gasteiger partial charge in [0.2, 0.25) is 5.88 Å². The summed E-state index contributed by atoms with van der Waals surface area (Å²) < 4.78 is 5.31. The van der Waals surface area contributed by atoms with Gasteiger partial charge in [0.1, 0.15) is 0 Å². The first-order chi connectivity index (χ1) is 6.22. The topological polar surface area (TPSA) is 55.2 Å². The summed E-state index contributed by atoms with van der Waals surface area (Å²) in [6.45, 7) is 4.35. The molecule has 0 saturated carbocycles. The van der Waals surface area contributed by atoms with E-state index in [9.17, 15) is 0 Å². The van der Waals surface area contributed by atoms with Crippen molar-refractivity contribution in [3.05, 3.63) is 18.1 Å². The predicted octanol–water partition coefficient (Wildman–Crippen LogP) is 0.792. The zero-order valence-corrected chi connectivity index (χ0v) is 7.90. The van der Waals surface area contributed by atoms with Gasteiger partial charge >= 0.3 is 0 Å². The zero-order chi connectivity index (χ0) is 9.68. The molecule has 13 heavy (non-hydrogen) atoms. The lowest BCUT2D eigenvalue weighted by atomic mass is 10.2. The molecule has 4 heteroatoms. The van der Waals surface area contributed by atoms with E-state index in [1.165, 1.54) is 0 Å². The third-order valence-corrected chi connectivity index (χ3v) is 1.56. The van der Waals surface area contributed by atoms with Crippen LogP contribution in [0.5, 0.6) is 5.88 Å². The highest BCUT2D eigenvalue weighted by atomic mass is 16.5. The van der Waals surface area contributed by atoms with Gasteiger partial charge < -0.3 is 9.84 Å². The van der Waals surface area contributed by atoms with Crippen molar-refractivity contribution < 1.29 is 9.84 Å². The molecule has 1 rings (SSSR count). The number of rotatable bonds is 4. The lowest BCUT2D eigenvalue weighted by Crippen LogP contribution is -2.12. The van der Waals surface area contributed by atoms with Gasteiger partial charge in [0, 0.05) is 18.7 Å². The molecule has 1 N–H and O–H groups in total. The maximum absolute atomic E-state index is 8.75. The molecule has 0 amide bonds. The first-order valence-corrected chi connectivity index (χ1v) is 4.24. The standard InChI is InChI=1S/C9H14N2O2/c1-7(5-12)6-13-9-4-10-3-8(2)11-9/h3-4,7,12H,5-6H2,1-2H3. The van der Waals surface area contributed by atoms with Crippen molar-refractivity contribution in [2.24, 2.45) is 5.92 Å². The second-order valence-electron chi connectivity index (χ2n) is 3.10. The second-order valence-corrected chi connectivity index (χ2v) is 3.10. The van der Waals surface area contributed by atoms with Gasteiger partial charge in [0.05, 0.1) is 18.5 Å². The summed E-state index contributed by atoms with van der Waals surface area (Å²) >= 11 is 0. The monoisotopic (exact) mass is 182 g/mol. The summed E-state index contributed by atoms with van der Waals surface area (Å²) in [5.41, 5.74) is 0.828. The fraction of sp³-hybridized carbons (Fsp3) is 0.556. The third kappa shape index (κ3) is 3.38. The Morgan fingerprint density at radius 2 is 2.31 bits per heavy atom. The number of aliphatic hydroxyl groups excluding tert-OH is 1. The molecule has 0 radical (unpaired) electrons. The van der Waals surface area contributed by atoms with Crippen LogP contribution in [0.25, 0.3) is 0 Å². The van der Waals surface area contributed by atoms with Gasteiger partial charge in [-0.1, -0.05) is 6.92 Å². The quantitative estimate of drug-likeness (QED) is 0.748. The van der Waals surface area contributed by atoms with Crippen LogP contribution in [0.2, 0.25) is 0 Å². The molecule has 0 aliphatic heterocycles. The van der Waals surface area contributed by atoms with E-state index in [1.807, 2.05) is 13.8 Å². The minimum absolute atomic E-state index is 0.124. The minimum atomic E-state index is 0.124. The van der Waals surface area contributed by atoms with Gasteiger partial charge in [-0.25, -0.2) is 4.98 Å². The number of nitrogens with zero attached hydrogens (tertiary/aromatic N) is 2. The third-order valence-electron chi connectivity index (χ3n) is 1.56. The zero-order valence-electron chi connectivity index (χ0n) is 7.90. The van der Waals surface area contributed by atoms with Crippen LogP contribution in [-0.2, 0) is 0 Å². The number of hydrogen-bond donors (Lipinski definition) is 1. The average Bonchev–Trinajstić information content (AvgIpc) is 2.14. The first-order valence-electron chi connectivity index (χ1n) is 4.24. The summed E-state index contributed by atoms with van der Waals surface area (Å²) in [6, 6.07) is 0. The Morgan fingerprint density at radius 1 is 1.54 bits per heavy atom. The van der Waals surface area contributed by atoms with Crippen molar-refractivity contribution in [1.82, 2.24) is 9.97 Å². The van der Waals surface area contributed by atoms with E-state index in [4.69, 9.17) is 9.84 Å². The Bertz CT molecular complexity index is 266. The van der Waals surface area contributed by atoms with Gasteiger partial charge in [0.15, 0.2) is 0 Å². The van der Waals surface area contributed by atoms with E-state index in [-0.39, 0.29) is 12.5 Å². The van der Waals surface area contributed by atoms with Crippen LogP contribution in [0, 0.1) is 12.8 Å². The number of aliphatic hydroxyl groups is 1. The Morgan fingerprint density at radius 3 is 2.92 bits per heavy atom. The molecule has 1 unspecified atom stereocenters. The summed E-state index contributed by atoms with van der Waals surface area (Å²) in [5, 5.41) is 8.75. The van der Waals surface area contributed by atoms with Crippen LogP contribution < -0.4 is 4.74 Å². The van der Waals surface area contributed by atoms with E-state index < -0.39 is 0 Å². The Kier molecular flexibility index (Phi) is 3.64. The maximum Gasteiger partial charge on any atom is 0.232 e. The van der Waals surface area contributed by atoms with E-state index in [0.29, 0.717) is 12.5 Å². The van der Waals surface area contributed by atoms with Crippen molar-refractivity contribution in [2.45, 2.75) is 13.8 Å². The molecule has 0 aromatic carbocycles. The Labute approximate surface area is 77.6 Å². The Balaban J connectivity index is 2.45. The summed E-state index contributed by atoms with van der Waals surface area (Å²) in [4.78, 5) is 8.05. The van der Waals surface area contributed by atoms with Crippen molar-refractivity contribution in [2.75, 3.05) is 13.2 Å². The second kappa shape index (κ2) is 4.77. The predicted molar refractivity (Wildman–Crippen MR) is 48.5 cm³/mol. The highest BCUT2D eigenvalue weighted by Gasteiger charge is 2.02. The molecular formula is C9H14N2O2. The summed E-state index contributed by atoms with van der Waals surface area (Å²) in [7, 11) is 0. The van der Waals surface area contributed by atoms with Crippen molar-refractivity contribution in [3.63, 3.8) is 0 Å². The molecule has 1 aromatic rings. The van der Waals surface area contributed by atoms with E-state index >= 15 is 0 Å². The molecule has 0 spiro atoms.